The lowest BCUT2D eigenvalue weighted by Gasteiger charge is -2.18. The molecule has 0 aromatic heterocycles. The summed E-state index contributed by atoms with van der Waals surface area (Å²) in [6.45, 7) is 6.70. The van der Waals surface area contributed by atoms with Crippen molar-refractivity contribution in [1.29, 1.82) is 0 Å². The van der Waals surface area contributed by atoms with Gasteiger partial charge in [-0.15, -0.1) is 0 Å². The molecule has 0 aromatic rings. The Balaban J connectivity index is 4.20. The van der Waals surface area contributed by atoms with Gasteiger partial charge >= 0.3 is 17.9 Å². The fourth-order valence-electron chi connectivity index (χ4n) is 10.1. The van der Waals surface area contributed by atoms with Crippen molar-refractivity contribution in [2.75, 3.05) is 13.2 Å². The first-order chi connectivity index (χ1) is 35.5. The molecule has 6 heteroatoms. The molecule has 0 N–H and O–H groups in total. The van der Waals surface area contributed by atoms with E-state index < -0.39 is 6.10 Å². The van der Waals surface area contributed by atoms with Crippen LogP contribution in [0.2, 0.25) is 0 Å². The van der Waals surface area contributed by atoms with Crippen molar-refractivity contribution in [3.8, 4) is 0 Å². The first kappa shape index (κ1) is 70.1. The number of unbranched alkanes of at least 4 members (excludes halogenated alkanes) is 48. The van der Waals surface area contributed by atoms with Crippen LogP contribution >= 0.6 is 0 Å². The molecule has 6 nitrogen and oxygen atoms in total. The van der Waals surface area contributed by atoms with Crippen LogP contribution in [0, 0.1) is 0 Å². The number of rotatable bonds is 61. The molecule has 0 bridgehead atoms. The quantitative estimate of drug-likeness (QED) is 0.0261. The van der Waals surface area contributed by atoms with Gasteiger partial charge in [-0.25, -0.2) is 0 Å². The number of hydrogen-bond donors (Lipinski definition) is 0. The van der Waals surface area contributed by atoms with Crippen LogP contribution in [0.25, 0.3) is 0 Å². The monoisotopic (exact) mass is 1010 g/mol. The molecule has 0 amide bonds. The van der Waals surface area contributed by atoms with Gasteiger partial charge in [0.05, 0.1) is 0 Å². The van der Waals surface area contributed by atoms with E-state index in [1.165, 1.54) is 270 Å². The van der Waals surface area contributed by atoms with E-state index in [1.54, 1.807) is 0 Å². The van der Waals surface area contributed by atoms with E-state index >= 15 is 0 Å². The summed E-state index contributed by atoms with van der Waals surface area (Å²) in [7, 11) is 0. The third-order valence-corrected chi connectivity index (χ3v) is 15.0. The molecule has 0 rings (SSSR count). The van der Waals surface area contributed by atoms with E-state index in [0.717, 1.165) is 64.2 Å². The molecule has 0 saturated heterocycles. The van der Waals surface area contributed by atoms with Crippen LogP contribution in [0.5, 0.6) is 0 Å². The van der Waals surface area contributed by atoms with E-state index in [1.807, 2.05) is 0 Å². The highest BCUT2D eigenvalue weighted by atomic mass is 16.6. The second-order valence-electron chi connectivity index (χ2n) is 22.4. The third-order valence-electron chi connectivity index (χ3n) is 15.0. The van der Waals surface area contributed by atoms with Crippen LogP contribution in [-0.2, 0) is 28.6 Å². The minimum Gasteiger partial charge on any atom is -0.462 e. The van der Waals surface area contributed by atoms with Crippen molar-refractivity contribution in [3.05, 3.63) is 12.2 Å². The van der Waals surface area contributed by atoms with Crippen molar-refractivity contribution < 1.29 is 28.6 Å². The van der Waals surface area contributed by atoms with Gasteiger partial charge < -0.3 is 14.2 Å². The van der Waals surface area contributed by atoms with Crippen LogP contribution in [0.1, 0.15) is 374 Å². The van der Waals surface area contributed by atoms with E-state index in [-0.39, 0.29) is 31.1 Å². The zero-order valence-corrected chi connectivity index (χ0v) is 49.0. The van der Waals surface area contributed by atoms with Crippen molar-refractivity contribution in [3.63, 3.8) is 0 Å². The lowest BCUT2D eigenvalue weighted by Crippen LogP contribution is -2.30. The summed E-state index contributed by atoms with van der Waals surface area (Å²) in [6.07, 6.45) is 72.3. The molecular formula is C66H126O6. The van der Waals surface area contributed by atoms with Crippen molar-refractivity contribution in [2.45, 2.75) is 380 Å². The smallest absolute Gasteiger partial charge is 0.306 e. The number of esters is 3. The molecule has 72 heavy (non-hydrogen) atoms. The van der Waals surface area contributed by atoms with Gasteiger partial charge in [-0.05, 0) is 44.9 Å². The molecule has 1 unspecified atom stereocenters. The molecule has 0 aromatic carbocycles. The van der Waals surface area contributed by atoms with Gasteiger partial charge in [0.2, 0.25) is 0 Å². The Morgan fingerprint density at radius 2 is 0.458 bits per heavy atom. The maximum absolute atomic E-state index is 12.9. The first-order valence-corrected chi connectivity index (χ1v) is 32.7. The molecule has 0 radical (unpaired) electrons. The second-order valence-corrected chi connectivity index (χ2v) is 22.4. The minimum atomic E-state index is -0.768. The van der Waals surface area contributed by atoms with E-state index in [4.69, 9.17) is 14.2 Å². The van der Waals surface area contributed by atoms with Gasteiger partial charge in [-0.2, -0.15) is 0 Å². The molecule has 0 aliphatic heterocycles. The lowest BCUT2D eigenvalue weighted by molar-refractivity contribution is -0.167. The number of ether oxygens (including phenoxy) is 3. The summed E-state index contributed by atoms with van der Waals surface area (Å²) in [5.41, 5.74) is 0. The summed E-state index contributed by atoms with van der Waals surface area (Å²) in [6, 6.07) is 0. The van der Waals surface area contributed by atoms with Crippen LogP contribution in [-0.4, -0.2) is 37.2 Å². The van der Waals surface area contributed by atoms with Gasteiger partial charge in [0, 0.05) is 19.3 Å². The number of carbonyl (C=O) groups excluding carboxylic acids is 3. The molecule has 0 fully saturated rings. The van der Waals surface area contributed by atoms with Gasteiger partial charge in [-0.1, -0.05) is 322 Å². The van der Waals surface area contributed by atoms with Gasteiger partial charge in [-0.3, -0.25) is 14.4 Å². The number of hydrogen-bond acceptors (Lipinski definition) is 6. The summed E-state index contributed by atoms with van der Waals surface area (Å²) in [5.74, 6) is -0.845. The Morgan fingerprint density at radius 3 is 0.694 bits per heavy atom. The summed E-state index contributed by atoms with van der Waals surface area (Å²) >= 11 is 0. The molecule has 0 saturated carbocycles. The average Bonchev–Trinajstić information content (AvgIpc) is 3.38. The standard InChI is InChI=1S/C66H126O6/c1-4-7-10-13-16-19-22-25-28-29-30-31-32-33-34-35-36-37-39-41-44-47-50-53-56-59-65(68)71-62-63(61-70-64(67)58-55-52-49-46-43-40-27-24-21-18-15-12-9-6-3)72-66(69)60-57-54-51-48-45-42-38-26-23-20-17-14-11-8-5-2/h24,27,63H,4-23,25-26,28-62H2,1-3H3/b27-24-. The normalized spacial score (nSPS) is 12.0. The van der Waals surface area contributed by atoms with Crippen LogP contribution in [0.4, 0.5) is 0 Å². The second kappa shape index (κ2) is 61.7. The van der Waals surface area contributed by atoms with Crippen molar-refractivity contribution in [2.24, 2.45) is 0 Å². The fourth-order valence-corrected chi connectivity index (χ4v) is 10.1. The Labute approximate surface area is 450 Å². The molecule has 426 valence electrons. The SMILES string of the molecule is CCCCCCC/C=C\CCCCCCCC(=O)OCC(COC(=O)CCCCCCCCCCCCCCCCCCCCCCCCCCC)OC(=O)CCCCCCCCCCCCCCCCC. The van der Waals surface area contributed by atoms with Gasteiger partial charge in [0.15, 0.2) is 6.10 Å². The average molecular weight is 1020 g/mol. The molecule has 0 aliphatic carbocycles. The zero-order chi connectivity index (χ0) is 52.2. The topological polar surface area (TPSA) is 78.9 Å². The Kier molecular flexibility index (Phi) is 60.1. The minimum absolute atomic E-state index is 0.0660. The summed E-state index contributed by atoms with van der Waals surface area (Å²) in [5, 5.41) is 0. The van der Waals surface area contributed by atoms with Crippen LogP contribution in [0.3, 0.4) is 0 Å². The highest BCUT2D eigenvalue weighted by Crippen LogP contribution is 2.18. The first-order valence-electron chi connectivity index (χ1n) is 32.7. The van der Waals surface area contributed by atoms with Crippen LogP contribution in [0.15, 0.2) is 12.2 Å². The predicted molar refractivity (Wildman–Crippen MR) is 312 cm³/mol. The van der Waals surface area contributed by atoms with E-state index in [2.05, 4.69) is 32.9 Å². The summed E-state index contributed by atoms with van der Waals surface area (Å²) < 4.78 is 16.9. The van der Waals surface area contributed by atoms with Crippen LogP contribution < -0.4 is 0 Å². The predicted octanol–water partition coefficient (Wildman–Crippen LogP) is 22.1. The zero-order valence-electron chi connectivity index (χ0n) is 49.0. The highest BCUT2D eigenvalue weighted by molar-refractivity contribution is 5.71. The number of carbonyl (C=O) groups is 3. The maximum atomic E-state index is 12.9. The highest BCUT2D eigenvalue weighted by Gasteiger charge is 2.19. The number of allylic oxidation sites excluding steroid dienone is 2. The molecule has 0 spiro atoms. The molecular weight excluding hydrogens is 889 g/mol. The van der Waals surface area contributed by atoms with Gasteiger partial charge in [0.25, 0.3) is 0 Å². The maximum Gasteiger partial charge on any atom is 0.306 e. The fraction of sp³-hybridized carbons (Fsp3) is 0.924. The molecule has 0 aliphatic rings. The Hall–Kier alpha value is -1.85. The summed E-state index contributed by atoms with van der Waals surface area (Å²) in [4.78, 5) is 38.3. The largest absolute Gasteiger partial charge is 0.462 e. The molecule has 0 heterocycles. The van der Waals surface area contributed by atoms with Crippen molar-refractivity contribution >= 4 is 17.9 Å². The van der Waals surface area contributed by atoms with Gasteiger partial charge in [0.1, 0.15) is 13.2 Å². The van der Waals surface area contributed by atoms with Crippen molar-refractivity contribution in [1.82, 2.24) is 0 Å². The van der Waals surface area contributed by atoms with E-state index in [9.17, 15) is 14.4 Å². The lowest BCUT2D eigenvalue weighted by atomic mass is 10.0. The third kappa shape index (κ3) is 59.0. The Morgan fingerprint density at radius 1 is 0.264 bits per heavy atom. The molecule has 1 atom stereocenters. The van der Waals surface area contributed by atoms with E-state index in [0.29, 0.717) is 19.3 Å². The Bertz CT molecular complexity index is 1120.